The van der Waals surface area contributed by atoms with Crippen LogP contribution in [-0.2, 0) is 4.79 Å². The molecule has 0 aliphatic carbocycles. The molecule has 188 valence electrons. The van der Waals surface area contributed by atoms with Gasteiger partial charge in [0.25, 0.3) is 0 Å². The van der Waals surface area contributed by atoms with Crippen molar-refractivity contribution in [1.82, 2.24) is 5.32 Å². The van der Waals surface area contributed by atoms with Crippen molar-refractivity contribution in [1.29, 1.82) is 0 Å². The molecular weight excluding hydrogens is 398 g/mol. The van der Waals surface area contributed by atoms with Crippen molar-refractivity contribution in [3.8, 4) is 0 Å². The summed E-state index contributed by atoms with van der Waals surface area (Å²) in [4.78, 5) is 12.1. The van der Waals surface area contributed by atoms with Gasteiger partial charge in [-0.15, -0.1) is 0 Å². The van der Waals surface area contributed by atoms with Crippen LogP contribution in [0.25, 0.3) is 0 Å². The van der Waals surface area contributed by atoms with Gasteiger partial charge < -0.3 is 15.5 Å². The van der Waals surface area contributed by atoms with E-state index < -0.39 is 12.1 Å². The monoisotopic (exact) mass is 451 g/mol. The Morgan fingerprint density at radius 3 is 1.81 bits per heavy atom. The zero-order chi connectivity index (χ0) is 23.7. The van der Waals surface area contributed by atoms with Crippen LogP contribution in [0.1, 0.15) is 129 Å². The zero-order valence-electron chi connectivity index (χ0n) is 21.2. The SMILES string of the molecule is CCCCCC/C=C/CC/C=C/[C@@H](O)[C@H](CO)NC(=O)CCCCCCCCCCCC. The van der Waals surface area contributed by atoms with E-state index in [0.717, 1.165) is 32.1 Å². The molecule has 0 saturated carbocycles. The van der Waals surface area contributed by atoms with Crippen molar-refractivity contribution < 1.29 is 15.0 Å². The van der Waals surface area contributed by atoms with Crippen molar-refractivity contribution in [2.75, 3.05) is 6.61 Å². The summed E-state index contributed by atoms with van der Waals surface area (Å²) in [5, 5.41) is 22.6. The molecule has 0 aromatic rings. The topological polar surface area (TPSA) is 69.6 Å². The van der Waals surface area contributed by atoms with Gasteiger partial charge in [-0.05, 0) is 32.1 Å². The number of rotatable bonds is 23. The first kappa shape index (κ1) is 30.9. The molecule has 2 atom stereocenters. The summed E-state index contributed by atoms with van der Waals surface area (Å²) < 4.78 is 0. The Morgan fingerprint density at radius 1 is 0.719 bits per heavy atom. The molecule has 32 heavy (non-hydrogen) atoms. The first-order valence-electron chi connectivity index (χ1n) is 13.6. The smallest absolute Gasteiger partial charge is 0.220 e. The maximum atomic E-state index is 12.1. The molecule has 0 bridgehead atoms. The van der Waals surface area contributed by atoms with Crippen molar-refractivity contribution in [2.24, 2.45) is 0 Å². The normalized spacial score (nSPS) is 13.8. The van der Waals surface area contributed by atoms with Gasteiger partial charge in [0.2, 0.25) is 5.91 Å². The lowest BCUT2D eigenvalue weighted by atomic mass is 10.1. The lowest BCUT2D eigenvalue weighted by Gasteiger charge is -2.19. The van der Waals surface area contributed by atoms with Crippen molar-refractivity contribution in [3.05, 3.63) is 24.3 Å². The van der Waals surface area contributed by atoms with Crippen LogP contribution >= 0.6 is 0 Å². The molecule has 0 heterocycles. The molecule has 1 amide bonds. The van der Waals surface area contributed by atoms with E-state index in [2.05, 4.69) is 31.3 Å². The largest absolute Gasteiger partial charge is 0.394 e. The molecule has 0 aromatic heterocycles. The number of nitrogens with one attached hydrogen (secondary N) is 1. The van der Waals surface area contributed by atoms with E-state index in [9.17, 15) is 15.0 Å². The van der Waals surface area contributed by atoms with E-state index in [1.54, 1.807) is 6.08 Å². The molecule has 0 unspecified atom stereocenters. The van der Waals surface area contributed by atoms with Crippen LogP contribution in [-0.4, -0.2) is 34.9 Å². The van der Waals surface area contributed by atoms with Crippen LogP contribution in [0.5, 0.6) is 0 Å². The Balaban J connectivity index is 3.79. The molecule has 0 rings (SSSR count). The van der Waals surface area contributed by atoms with Gasteiger partial charge in [0, 0.05) is 6.42 Å². The summed E-state index contributed by atoms with van der Waals surface area (Å²) in [6.45, 7) is 4.21. The van der Waals surface area contributed by atoms with Gasteiger partial charge in [0.1, 0.15) is 0 Å². The van der Waals surface area contributed by atoms with Crippen LogP contribution in [0.3, 0.4) is 0 Å². The fraction of sp³-hybridized carbons (Fsp3) is 0.821. The molecule has 0 aliphatic heterocycles. The molecule has 4 heteroatoms. The lowest BCUT2D eigenvalue weighted by Crippen LogP contribution is -2.45. The molecule has 0 radical (unpaired) electrons. The summed E-state index contributed by atoms with van der Waals surface area (Å²) in [5.41, 5.74) is 0. The van der Waals surface area contributed by atoms with E-state index >= 15 is 0 Å². The molecule has 0 aliphatic rings. The maximum absolute atomic E-state index is 12.1. The minimum atomic E-state index is -0.852. The average molecular weight is 452 g/mol. The zero-order valence-corrected chi connectivity index (χ0v) is 21.2. The third kappa shape index (κ3) is 20.8. The summed E-state index contributed by atoms with van der Waals surface area (Å²) in [6, 6.07) is -0.629. The minimum absolute atomic E-state index is 0.0814. The van der Waals surface area contributed by atoms with Gasteiger partial charge in [0.15, 0.2) is 0 Å². The van der Waals surface area contributed by atoms with E-state index in [-0.39, 0.29) is 12.5 Å². The third-order valence-corrected chi connectivity index (χ3v) is 5.94. The summed E-state index contributed by atoms with van der Waals surface area (Å²) in [7, 11) is 0. The molecule has 0 spiro atoms. The first-order chi connectivity index (χ1) is 15.7. The second-order valence-corrected chi connectivity index (χ2v) is 9.11. The van der Waals surface area contributed by atoms with Crippen molar-refractivity contribution >= 4 is 5.91 Å². The number of aliphatic hydroxyl groups excluding tert-OH is 2. The summed E-state index contributed by atoms with van der Waals surface area (Å²) in [6.07, 6.45) is 28.1. The van der Waals surface area contributed by atoms with Crippen molar-refractivity contribution in [3.63, 3.8) is 0 Å². The summed E-state index contributed by atoms with van der Waals surface area (Å²) >= 11 is 0. The highest BCUT2D eigenvalue weighted by molar-refractivity contribution is 5.76. The Kier molecular flexibility index (Phi) is 23.6. The second-order valence-electron chi connectivity index (χ2n) is 9.11. The number of hydrogen-bond acceptors (Lipinski definition) is 3. The van der Waals surface area contributed by atoms with E-state index in [0.29, 0.717) is 6.42 Å². The molecule has 0 fully saturated rings. The standard InChI is InChI=1S/C28H53NO3/c1-3-5-7-9-11-13-15-17-19-21-23-27(31)26(25-30)29-28(32)24-22-20-18-16-14-12-10-8-6-4-2/h13,15,21,23,26-27,30-31H,3-12,14,16-20,22,24-25H2,1-2H3,(H,29,32)/b15-13+,23-21+/t26-,27+/m0/s1. The molecule has 4 nitrogen and oxygen atoms in total. The second kappa shape index (κ2) is 24.5. The first-order valence-corrected chi connectivity index (χ1v) is 13.6. The van der Waals surface area contributed by atoms with Gasteiger partial charge in [-0.2, -0.15) is 0 Å². The Labute approximate surface area is 199 Å². The Hall–Kier alpha value is -1.13. The van der Waals surface area contributed by atoms with Gasteiger partial charge >= 0.3 is 0 Å². The maximum Gasteiger partial charge on any atom is 0.220 e. The highest BCUT2D eigenvalue weighted by Gasteiger charge is 2.17. The number of amides is 1. The minimum Gasteiger partial charge on any atom is -0.394 e. The van der Waals surface area contributed by atoms with Crippen molar-refractivity contribution in [2.45, 2.75) is 142 Å². The van der Waals surface area contributed by atoms with E-state index in [1.165, 1.54) is 77.0 Å². The third-order valence-electron chi connectivity index (χ3n) is 5.94. The van der Waals surface area contributed by atoms with Gasteiger partial charge in [-0.3, -0.25) is 4.79 Å². The van der Waals surface area contributed by atoms with Crippen LogP contribution in [0.15, 0.2) is 24.3 Å². The fourth-order valence-corrected chi connectivity index (χ4v) is 3.78. The predicted octanol–water partition coefficient (Wildman–Crippen LogP) is 7.00. The van der Waals surface area contributed by atoms with Gasteiger partial charge in [0.05, 0.1) is 18.8 Å². The quantitative estimate of drug-likeness (QED) is 0.116. The number of carbonyl (C=O) groups excluding carboxylic acids is 1. The fourth-order valence-electron chi connectivity index (χ4n) is 3.78. The van der Waals surface area contributed by atoms with E-state index in [1.807, 2.05) is 6.08 Å². The average Bonchev–Trinajstić information content (AvgIpc) is 2.79. The van der Waals surface area contributed by atoms with Crippen LogP contribution in [0.4, 0.5) is 0 Å². The number of carbonyl (C=O) groups is 1. The van der Waals surface area contributed by atoms with E-state index in [4.69, 9.17) is 0 Å². The number of hydrogen-bond donors (Lipinski definition) is 3. The highest BCUT2D eigenvalue weighted by atomic mass is 16.3. The van der Waals surface area contributed by atoms with Crippen LogP contribution in [0, 0.1) is 0 Å². The lowest BCUT2D eigenvalue weighted by molar-refractivity contribution is -0.123. The van der Waals surface area contributed by atoms with Gasteiger partial charge in [-0.25, -0.2) is 0 Å². The molecule has 0 aromatic carbocycles. The Bertz CT molecular complexity index is 462. The van der Waals surface area contributed by atoms with Gasteiger partial charge in [-0.1, -0.05) is 115 Å². The summed E-state index contributed by atoms with van der Waals surface area (Å²) in [5.74, 6) is -0.0814. The van der Waals surface area contributed by atoms with Crippen LogP contribution < -0.4 is 5.32 Å². The predicted molar refractivity (Wildman–Crippen MR) is 138 cm³/mol. The number of allylic oxidation sites excluding steroid dienone is 3. The number of aliphatic hydroxyl groups is 2. The van der Waals surface area contributed by atoms with Crippen LogP contribution in [0.2, 0.25) is 0 Å². The molecule has 0 saturated heterocycles. The number of unbranched alkanes of at least 4 members (excludes halogenated alkanes) is 14. The molecular formula is C28H53NO3. The Morgan fingerprint density at radius 2 is 1.22 bits per heavy atom. The molecule has 3 N–H and O–H groups in total. The highest BCUT2D eigenvalue weighted by Crippen LogP contribution is 2.11.